The molecule has 7 heteroatoms. The molecule has 218 valence electrons. The SMILES string of the molecule is CC(C)(C)OC(=O)N1CCC(Nc2ccc(-c3ccc(OCc4ccccc4)nc3OCc3ccccc3)cc2)CC1. The van der Waals surface area contributed by atoms with E-state index in [1.54, 1.807) is 4.90 Å². The molecule has 0 spiro atoms. The van der Waals surface area contributed by atoms with Crippen molar-refractivity contribution in [2.75, 3.05) is 18.4 Å². The van der Waals surface area contributed by atoms with Gasteiger partial charge in [0.2, 0.25) is 11.8 Å². The Kier molecular flexibility index (Phi) is 9.27. The first-order valence-corrected chi connectivity index (χ1v) is 14.5. The van der Waals surface area contributed by atoms with Gasteiger partial charge in [-0.2, -0.15) is 4.98 Å². The van der Waals surface area contributed by atoms with Gasteiger partial charge in [-0.15, -0.1) is 0 Å². The summed E-state index contributed by atoms with van der Waals surface area (Å²) in [5.41, 5.74) is 4.61. The van der Waals surface area contributed by atoms with E-state index in [9.17, 15) is 4.79 Å². The summed E-state index contributed by atoms with van der Waals surface area (Å²) in [4.78, 5) is 18.9. The molecule has 4 aromatic rings. The first-order chi connectivity index (χ1) is 20.3. The van der Waals surface area contributed by atoms with Crippen LogP contribution in [0, 0.1) is 0 Å². The Bertz CT molecular complexity index is 1430. The van der Waals surface area contributed by atoms with Crippen molar-refractivity contribution in [3.63, 3.8) is 0 Å². The number of rotatable bonds is 9. The second-order valence-electron chi connectivity index (χ2n) is 11.5. The first-order valence-electron chi connectivity index (χ1n) is 14.5. The van der Waals surface area contributed by atoms with Crippen molar-refractivity contribution in [3.8, 4) is 22.9 Å². The molecule has 3 aromatic carbocycles. The Balaban J connectivity index is 1.24. The van der Waals surface area contributed by atoms with E-state index in [2.05, 4.69) is 29.6 Å². The van der Waals surface area contributed by atoms with Crippen LogP contribution in [0.25, 0.3) is 11.1 Å². The quantitative estimate of drug-likeness (QED) is 0.224. The normalized spacial score (nSPS) is 13.8. The van der Waals surface area contributed by atoms with Crippen molar-refractivity contribution in [1.82, 2.24) is 9.88 Å². The summed E-state index contributed by atoms with van der Waals surface area (Å²) in [6.07, 6.45) is 1.50. The molecule has 5 rings (SSSR count). The number of pyridine rings is 1. The lowest BCUT2D eigenvalue weighted by Crippen LogP contribution is -2.44. The van der Waals surface area contributed by atoms with Gasteiger partial charge in [0.05, 0.1) is 0 Å². The van der Waals surface area contributed by atoms with Crippen molar-refractivity contribution in [2.24, 2.45) is 0 Å². The van der Waals surface area contributed by atoms with Crippen LogP contribution in [0.1, 0.15) is 44.7 Å². The second-order valence-corrected chi connectivity index (χ2v) is 11.5. The molecule has 0 saturated carbocycles. The van der Waals surface area contributed by atoms with Crippen molar-refractivity contribution in [1.29, 1.82) is 0 Å². The van der Waals surface area contributed by atoms with Crippen molar-refractivity contribution in [3.05, 3.63) is 108 Å². The maximum Gasteiger partial charge on any atom is 0.410 e. The summed E-state index contributed by atoms with van der Waals surface area (Å²) >= 11 is 0. The summed E-state index contributed by atoms with van der Waals surface area (Å²) in [6.45, 7) is 7.88. The second kappa shape index (κ2) is 13.4. The minimum Gasteiger partial charge on any atom is -0.473 e. The minimum atomic E-state index is -0.481. The highest BCUT2D eigenvalue weighted by molar-refractivity contribution is 5.71. The van der Waals surface area contributed by atoms with E-state index in [1.807, 2.05) is 93.6 Å². The average molecular weight is 566 g/mol. The molecular weight excluding hydrogens is 526 g/mol. The number of nitrogens with one attached hydrogen (secondary N) is 1. The van der Waals surface area contributed by atoms with Gasteiger partial charge in [0.1, 0.15) is 18.8 Å². The van der Waals surface area contributed by atoms with Gasteiger partial charge >= 0.3 is 6.09 Å². The van der Waals surface area contributed by atoms with Gasteiger partial charge in [-0.1, -0.05) is 72.8 Å². The molecule has 42 heavy (non-hydrogen) atoms. The third-order valence-electron chi connectivity index (χ3n) is 7.00. The maximum atomic E-state index is 12.4. The minimum absolute atomic E-state index is 0.235. The lowest BCUT2D eigenvalue weighted by molar-refractivity contribution is 0.0210. The summed E-state index contributed by atoms with van der Waals surface area (Å²) < 4.78 is 17.7. The van der Waals surface area contributed by atoms with Crippen molar-refractivity contribution in [2.45, 2.75) is 58.5 Å². The molecule has 1 N–H and O–H groups in total. The molecule has 1 fully saturated rings. The van der Waals surface area contributed by atoms with Crippen LogP contribution in [0.5, 0.6) is 11.8 Å². The number of ether oxygens (including phenoxy) is 3. The third kappa shape index (κ3) is 8.26. The van der Waals surface area contributed by atoms with E-state index in [0.717, 1.165) is 40.8 Å². The zero-order valence-corrected chi connectivity index (χ0v) is 24.6. The lowest BCUT2D eigenvalue weighted by Gasteiger charge is -2.34. The molecule has 0 aliphatic carbocycles. The van der Waals surface area contributed by atoms with Crippen LogP contribution in [-0.2, 0) is 18.0 Å². The fourth-order valence-electron chi connectivity index (χ4n) is 4.81. The summed E-state index contributed by atoms with van der Waals surface area (Å²) in [7, 11) is 0. The number of aromatic nitrogens is 1. The molecule has 7 nitrogen and oxygen atoms in total. The van der Waals surface area contributed by atoms with Gasteiger partial charge in [0.15, 0.2) is 0 Å². The molecule has 0 radical (unpaired) electrons. The van der Waals surface area contributed by atoms with Crippen LogP contribution >= 0.6 is 0 Å². The largest absolute Gasteiger partial charge is 0.473 e. The van der Waals surface area contributed by atoms with Gasteiger partial charge in [-0.25, -0.2) is 4.79 Å². The average Bonchev–Trinajstić information content (AvgIpc) is 3.00. The van der Waals surface area contributed by atoms with Crippen LogP contribution < -0.4 is 14.8 Å². The third-order valence-corrected chi connectivity index (χ3v) is 7.00. The number of carbonyl (C=O) groups is 1. The number of likely N-dealkylation sites (tertiary alicyclic amines) is 1. The number of carbonyl (C=O) groups excluding carboxylic acids is 1. The number of anilines is 1. The molecule has 1 saturated heterocycles. The van der Waals surface area contributed by atoms with Gasteiger partial charge in [-0.05, 0) is 68.5 Å². The van der Waals surface area contributed by atoms with Crippen LogP contribution in [0.2, 0.25) is 0 Å². The topological polar surface area (TPSA) is 72.9 Å². The van der Waals surface area contributed by atoms with Crippen molar-refractivity contribution < 1.29 is 19.0 Å². The van der Waals surface area contributed by atoms with E-state index >= 15 is 0 Å². The van der Waals surface area contributed by atoms with Gasteiger partial charge < -0.3 is 24.4 Å². The van der Waals surface area contributed by atoms with Gasteiger partial charge in [0.25, 0.3) is 0 Å². The highest BCUT2D eigenvalue weighted by atomic mass is 16.6. The zero-order chi connectivity index (χ0) is 29.4. The number of hydrogen-bond donors (Lipinski definition) is 1. The Morgan fingerprint density at radius 1 is 0.810 bits per heavy atom. The number of hydrogen-bond acceptors (Lipinski definition) is 6. The molecule has 2 heterocycles. The van der Waals surface area contributed by atoms with E-state index in [4.69, 9.17) is 19.2 Å². The zero-order valence-electron chi connectivity index (χ0n) is 24.6. The molecule has 1 aliphatic heterocycles. The number of amides is 1. The van der Waals surface area contributed by atoms with E-state index in [-0.39, 0.29) is 6.09 Å². The highest BCUT2D eigenvalue weighted by Gasteiger charge is 2.26. The smallest absolute Gasteiger partial charge is 0.410 e. The molecule has 1 amide bonds. The Morgan fingerprint density at radius 2 is 1.40 bits per heavy atom. The highest BCUT2D eigenvalue weighted by Crippen LogP contribution is 2.32. The summed E-state index contributed by atoms with van der Waals surface area (Å²) in [5, 5.41) is 3.62. The summed E-state index contributed by atoms with van der Waals surface area (Å²) in [6, 6.07) is 32.6. The van der Waals surface area contributed by atoms with E-state index in [1.165, 1.54) is 0 Å². The fourth-order valence-corrected chi connectivity index (χ4v) is 4.81. The standard InChI is InChI=1S/C35H39N3O4/c1-35(2,3)42-34(39)38-22-20-30(21-23-38)36-29-16-14-28(15-17-29)31-18-19-32(40-24-26-10-6-4-7-11-26)37-33(31)41-25-27-12-8-5-9-13-27/h4-19,30,36H,20-25H2,1-3H3. The molecule has 0 atom stereocenters. The lowest BCUT2D eigenvalue weighted by atomic mass is 10.0. The van der Waals surface area contributed by atoms with Crippen LogP contribution in [0.3, 0.4) is 0 Å². The molecule has 1 aromatic heterocycles. The van der Waals surface area contributed by atoms with E-state index < -0.39 is 5.60 Å². The Morgan fingerprint density at radius 3 is 2.00 bits per heavy atom. The maximum absolute atomic E-state index is 12.4. The van der Waals surface area contributed by atoms with E-state index in [0.29, 0.717) is 44.1 Å². The molecule has 1 aliphatic rings. The van der Waals surface area contributed by atoms with Gasteiger partial charge in [-0.3, -0.25) is 0 Å². The van der Waals surface area contributed by atoms with Gasteiger partial charge in [0, 0.05) is 36.4 Å². The van der Waals surface area contributed by atoms with Crippen molar-refractivity contribution >= 4 is 11.8 Å². The first kappa shape index (κ1) is 29.0. The summed E-state index contributed by atoms with van der Waals surface area (Å²) in [5.74, 6) is 1.04. The van der Waals surface area contributed by atoms with Crippen LogP contribution in [0.15, 0.2) is 97.1 Å². The molecular formula is C35H39N3O4. The predicted octanol–water partition coefficient (Wildman–Crippen LogP) is 7.72. The van der Waals surface area contributed by atoms with Crippen LogP contribution in [-0.4, -0.2) is 40.7 Å². The fraction of sp³-hybridized carbons (Fsp3) is 0.314. The Hall–Kier alpha value is -4.52. The Labute approximate surface area is 248 Å². The monoisotopic (exact) mass is 565 g/mol. The number of benzene rings is 3. The molecule has 0 bridgehead atoms. The number of piperidine rings is 1. The molecule has 0 unspecified atom stereocenters. The number of nitrogens with zero attached hydrogens (tertiary/aromatic N) is 2. The van der Waals surface area contributed by atoms with Crippen LogP contribution in [0.4, 0.5) is 10.5 Å². The predicted molar refractivity (Wildman–Crippen MR) is 166 cm³/mol.